The van der Waals surface area contributed by atoms with Crippen LogP contribution in [0.5, 0.6) is 5.75 Å². The monoisotopic (exact) mass is 718 g/mol. The molecule has 15 heteroatoms. The first kappa shape index (κ1) is 34.4. The van der Waals surface area contributed by atoms with E-state index in [4.69, 9.17) is 32.7 Å². The Morgan fingerprint density at radius 3 is 2.45 bits per heavy atom. The molecule has 4 atom stereocenters. The van der Waals surface area contributed by atoms with Crippen LogP contribution >= 0.6 is 23.2 Å². The first-order valence-corrected chi connectivity index (χ1v) is 16.3. The highest BCUT2D eigenvalue weighted by Crippen LogP contribution is 2.37. The first-order chi connectivity index (χ1) is 23.3. The van der Waals surface area contributed by atoms with Crippen LogP contribution in [0.25, 0.3) is 0 Å². The summed E-state index contributed by atoms with van der Waals surface area (Å²) in [5.41, 5.74) is -0.749. The van der Waals surface area contributed by atoms with Crippen LogP contribution in [0.15, 0.2) is 66.7 Å². The van der Waals surface area contributed by atoms with E-state index in [1.165, 1.54) is 17.0 Å². The third kappa shape index (κ3) is 7.42. The van der Waals surface area contributed by atoms with Crippen LogP contribution in [0.2, 0.25) is 10.0 Å². The van der Waals surface area contributed by atoms with Crippen molar-refractivity contribution in [3.05, 3.63) is 93.5 Å². The fraction of sp³-hybridized carbons (Fsp3) is 0.353. The minimum Gasteiger partial charge on any atom is -0.491 e. The predicted octanol–water partition coefficient (Wildman–Crippen LogP) is 6.05. The molecule has 4 bridgehead atoms. The summed E-state index contributed by atoms with van der Waals surface area (Å²) in [5.74, 6) is -0.888. The molecule has 7 rings (SSSR count). The zero-order valence-electron chi connectivity index (χ0n) is 26.1. The van der Waals surface area contributed by atoms with Crippen LogP contribution in [-0.4, -0.2) is 84.1 Å². The van der Waals surface area contributed by atoms with E-state index in [0.717, 1.165) is 11.0 Å². The SMILES string of the molecule is C[C@@H]1[C@@H]2CCN1C(=O)c1ccc(cc1)OC[C@@H]1C[C@@H](NC(=O)c3cccc(Cl)c3)CN1C(=O)CN(c1ccc(Cl)c(C(F)(F)F)c1)C(=O)O2. The van der Waals surface area contributed by atoms with Crippen molar-refractivity contribution in [2.24, 2.45) is 0 Å². The number of benzene rings is 3. The topological polar surface area (TPSA) is 108 Å². The van der Waals surface area contributed by atoms with E-state index >= 15 is 0 Å². The highest BCUT2D eigenvalue weighted by Gasteiger charge is 2.41. The minimum atomic E-state index is -4.84. The molecule has 0 spiro atoms. The molecule has 0 aliphatic carbocycles. The molecule has 4 aliphatic rings. The summed E-state index contributed by atoms with van der Waals surface area (Å²) < 4.78 is 53.4. The predicted molar refractivity (Wildman–Crippen MR) is 174 cm³/mol. The van der Waals surface area contributed by atoms with E-state index in [-0.39, 0.29) is 44.1 Å². The van der Waals surface area contributed by atoms with E-state index < -0.39 is 65.4 Å². The third-order valence-corrected chi connectivity index (χ3v) is 9.54. The van der Waals surface area contributed by atoms with Gasteiger partial charge < -0.3 is 24.6 Å². The molecular weight excluding hydrogens is 688 g/mol. The molecule has 4 aliphatic heterocycles. The quantitative estimate of drug-likeness (QED) is 0.354. The molecule has 3 aromatic rings. The fourth-order valence-corrected chi connectivity index (χ4v) is 6.78. The first-order valence-electron chi connectivity index (χ1n) is 15.5. The average Bonchev–Trinajstić information content (AvgIpc) is 3.64. The lowest BCUT2D eigenvalue weighted by Crippen LogP contribution is -2.48. The summed E-state index contributed by atoms with van der Waals surface area (Å²) in [7, 11) is 0. The van der Waals surface area contributed by atoms with Gasteiger partial charge in [0.25, 0.3) is 11.8 Å². The van der Waals surface area contributed by atoms with E-state index in [1.807, 2.05) is 0 Å². The number of nitrogens with one attached hydrogen (secondary N) is 1. The largest absolute Gasteiger partial charge is 0.491 e. The van der Waals surface area contributed by atoms with Gasteiger partial charge in [-0.05, 0) is 74.0 Å². The molecule has 49 heavy (non-hydrogen) atoms. The summed E-state index contributed by atoms with van der Waals surface area (Å²) in [4.78, 5) is 58.0. The Morgan fingerprint density at radius 1 is 0.980 bits per heavy atom. The van der Waals surface area contributed by atoms with Crippen LogP contribution < -0.4 is 15.0 Å². The lowest BCUT2D eigenvalue weighted by Gasteiger charge is -2.30. The summed E-state index contributed by atoms with van der Waals surface area (Å²) in [6.45, 7) is 1.30. The lowest BCUT2D eigenvalue weighted by molar-refractivity contribution is -0.137. The third-order valence-electron chi connectivity index (χ3n) is 8.98. The molecule has 4 heterocycles. The van der Waals surface area contributed by atoms with Gasteiger partial charge in [0.15, 0.2) is 0 Å². The number of anilines is 1. The molecule has 2 fully saturated rings. The summed E-state index contributed by atoms with van der Waals surface area (Å²) in [6.07, 6.45) is -6.17. The van der Waals surface area contributed by atoms with Crippen molar-refractivity contribution >= 4 is 52.7 Å². The zero-order valence-corrected chi connectivity index (χ0v) is 27.6. The maximum absolute atomic E-state index is 14.0. The molecule has 258 valence electrons. The number of halogens is 5. The van der Waals surface area contributed by atoms with Crippen molar-refractivity contribution in [1.82, 2.24) is 15.1 Å². The Balaban J connectivity index is 1.34. The van der Waals surface area contributed by atoms with Crippen molar-refractivity contribution in [2.45, 2.75) is 50.2 Å². The lowest BCUT2D eigenvalue weighted by atomic mass is 10.1. The second-order valence-corrected chi connectivity index (χ2v) is 13.0. The van der Waals surface area contributed by atoms with Gasteiger partial charge in [-0.25, -0.2) is 4.79 Å². The van der Waals surface area contributed by atoms with Crippen LogP contribution in [-0.2, 0) is 15.7 Å². The second kappa shape index (κ2) is 13.8. The number of alkyl halides is 3. The Bertz CT molecular complexity index is 1780. The van der Waals surface area contributed by atoms with Crippen molar-refractivity contribution in [1.29, 1.82) is 0 Å². The molecule has 3 aromatic carbocycles. The summed E-state index contributed by atoms with van der Waals surface area (Å²) in [6, 6.07) is 14.1. The summed E-state index contributed by atoms with van der Waals surface area (Å²) in [5, 5.41) is 2.70. The van der Waals surface area contributed by atoms with Crippen molar-refractivity contribution in [3.63, 3.8) is 0 Å². The number of hydrogen-bond donors (Lipinski definition) is 1. The van der Waals surface area contributed by atoms with Gasteiger partial charge in [-0.15, -0.1) is 0 Å². The molecule has 1 N–H and O–H groups in total. The van der Waals surface area contributed by atoms with E-state index in [2.05, 4.69) is 5.32 Å². The Hall–Kier alpha value is -4.49. The number of nitrogens with zero attached hydrogens (tertiary/aromatic N) is 3. The number of ether oxygens (including phenoxy) is 2. The van der Waals surface area contributed by atoms with E-state index in [0.29, 0.717) is 28.0 Å². The summed E-state index contributed by atoms with van der Waals surface area (Å²) >= 11 is 11.9. The maximum Gasteiger partial charge on any atom is 0.417 e. The fourth-order valence-electron chi connectivity index (χ4n) is 6.37. The van der Waals surface area contributed by atoms with E-state index in [1.54, 1.807) is 54.3 Å². The van der Waals surface area contributed by atoms with Crippen molar-refractivity contribution in [3.8, 4) is 5.75 Å². The number of hydrogen-bond acceptors (Lipinski definition) is 6. The molecule has 10 nitrogen and oxygen atoms in total. The van der Waals surface area contributed by atoms with Gasteiger partial charge >= 0.3 is 12.3 Å². The number of rotatable bonds is 3. The van der Waals surface area contributed by atoms with Gasteiger partial charge in [0.1, 0.15) is 25.0 Å². The molecule has 2 saturated heterocycles. The number of carbonyl (C=O) groups excluding carboxylic acids is 4. The Labute approximate surface area is 289 Å². The molecular formula is C34H31Cl2F3N4O6. The number of amides is 4. The van der Waals surface area contributed by atoms with Gasteiger partial charge in [-0.1, -0.05) is 29.3 Å². The molecule has 0 saturated carbocycles. The van der Waals surface area contributed by atoms with Gasteiger partial charge in [-0.2, -0.15) is 13.2 Å². The zero-order chi connectivity index (χ0) is 35.0. The van der Waals surface area contributed by atoms with Crippen molar-refractivity contribution in [2.75, 3.05) is 31.1 Å². The minimum absolute atomic E-state index is 0.0165. The highest BCUT2D eigenvalue weighted by atomic mass is 35.5. The molecule has 0 unspecified atom stereocenters. The number of fused-ring (bicyclic) bond motifs is 7. The molecule has 0 aromatic heterocycles. The van der Waals surface area contributed by atoms with Crippen LogP contribution in [0, 0.1) is 0 Å². The molecule has 4 amide bonds. The maximum atomic E-state index is 14.0. The van der Waals surface area contributed by atoms with Gasteiger partial charge in [-0.3, -0.25) is 19.3 Å². The van der Waals surface area contributed by atoms with Crippen molar-refractivity contribution < 1.29 is 41.8 Å². The van der Waals surface area contributed by atoms with Crippen LogP contribution in [0.4, 0.5) is 23.7 Å². The Morgan fingerprint density at radius 2 is 1.73 bits per heavy atom. The van der Waals surface area contributed by atoms with Gasteiger partial charge in [0, 0.05) is 47.4 Å². The Kier molecular flexibility index (Phi) is 9.67. The standard InChI is InChI=1S/C34H31Cl2F3N4O6/c1-19-29-11-12-41(19)32(46)20-5-8-26(9-6-20)48-18-25-14-23(40-31(45)21-3-2-4-22(35)13-21)16-42(25)30(44)17-43(33(47)49-29)24-7-10-28(36)27(15-24)34(37,38)39/h2-10,13,15,19,23,25,29H,11-12,14,16-18H2,1H3,(H,40,45)/t19-,23-,25+,29+/m1/s1. The van der Waals surface area contributed by atoms with Crippen LogP contribution in [0.1, 0.15) is 46.0 Å². The van der Waals surface area contributed by atoms with Crippen LogP contribution in [0.3, 0.4) is 0 Å². The smallest absolute Gasteiger partial charge is 0.417 e. The van der Waals surface area contributed by atoms with Gasteiger partial charge in [0.05, 0.1) is 22.7 Å². The van der Waals surface area contributed by atoms with E-state index in [9.17, 15) is 32.3 Å². The normalized spacial score (nSPS) is 23.2. The van der Waals surface area contributed by atoms with Gasteiger partial charge in [0.2, 0.25) is 5.91 Å². The number of carbonyl (C=O) groups is 4. The average molecular weight is 720 g/mol. The molecule has 0 radical (unpaired) electrons. The second-order valence-electron chi connectivity index (χ2n) is 12.1. The highest BCUT2D eigenvalue weighted by molar-refractivity contribution is 6.31.